The van der Waals surface area contributed by atoms with Gasteiger partial charge in [0.05, 0.1) is 18.7 Å². The van der Waals surface area contributed by atoms with Crippen molar-refractivity contribution in [2.75, 3.05) is 4.90 Å². The van der Waals surface area contributed by atoms with Gasteiger partial charge in [-0.2, -0.15) is 0 Å². The smallest absolute Gasteiger partial charge is 0.365 e. The highest BCUT2D eigenvalue weighted by Crippen LogP contribution is 2.29. The Labute approximate surface area is 113 Å². The molecule has 1 aliphatic heterocycles. The minimum atomic E-state index is -1.04. The molecule has 1 aromatic heterocycles. The molecule has 0 atom stereocenters. The van der Waals surface area contributed by atoms with Gasteiger partial charge in [-0.1, -0.05) is 18.2 Å². The van der Waals surface area contributed by atoms with E-state index in [2.05, 4.69) is 4.98 Å². The van der Waals surface area contributed by atoms with Crippen molar-refractivity contribution >= 4 is 28.9 Å². The maximum Gasteiger partial charge on any atom is 0.365 e. The molecule has 0 unspecified atom stereocenters. The fraction of sp³-hybridized carbons (Fsp3) is 0.154. The Kier molecular flexibility index (Phi) is 2.79. The highest BCUT2D eigenvalue weighted by molar-refractivity contribution is 7.11. The number of hydrogen-bond acceptors (Lipinski definition) is 4. The van der Waals surface area contributed by atoms with E-state index in [4.69, 9.17) is 5.11 Å². The van der Waals surface area contributed by atoms with Crippen molar-refractivity contribution in [1.82, 2.24) is 4.98 Å². The number of hydrogen-bond donors (Lipinski definition) is 1. The molecule has 6 heteroatoms. The number of fused-ring (bicyclic) bond motifs is 1. The van der Waals surface area contributed by atoms with Crippen LogP contribution in [0.25, 0.3) is 0 Å². The van der Waals surface area contributed by atoms with E-state index in [1.807, 2.05) is 24.3 Å². The number of carbonyl (C=O) groups is 2. The third-order valence-corrected chi connectivity index (χ3v) is 3.86. The molecule has 2 heterocycles. The van der Waals surface area contributed by atoms with Crippen LogP contribution in [0.2, 0.25) is 0 Å². The highest BCUT2D eigenvalue weighted by atomic mass is 32.1. The zero-order valence-corrected chi connectivity index (χ0v) is 10.7. The average molecular weight is 274 g/mol. The largest absolute Gasteiger partial charge is 0.476 e. The predicted octanol–water partition coefficient (Wildman–Crippen LogP) is 1.93. The Bertz CT molecular complexity index is 665. The molecule has 0 bridgehead atoms. The molecule has 0 saturated heterocycles. The van der Waals surface area contributed by atoms with Crippen LogP contribution >= 0.6 is 11.3 Å². The van der Waals surface area contributed by atoms with Gasteiger partial charge in [0.25, 0.3) is 0 Å². The van der Waals surface area contributed by atoms with Crippen molar-refractivity contribution < 1.29 is 14.7 Å². The van der Waals surface area contributed by atoms with Crippen LogP contribution in [0.3, 0.4) is 0 Å². The van der Waals surface area contributed by atoms with Crippen LogP contribution in [-0.2, 0) is 17.8 Å². The number of aromatic nitrogens is 1. The summed E-state index contributed by atoms with van der Waals surface area (Å²) in [6.45, 7) is 0.319. The zero-order valence-electron chi connectivity index (χ0n) is 9.87. The lowest BCUT2D eigenvalue weighted by Crippen LogP contribution is -2.26. The number of aromatic carboxylic acids is 1. The number of para-hydroxylation sites is 1. The van der Waals surface area contributed by atoms with E-state index in [0.29, 0.717) is 18.7 Å². The van der Waals surface area contributed by atoms with Gasteiger partial charge in [-0.25, -0.2) is 9.78 Å². The average Bonchev–Trinajstić information content (AvgIpc) is 2.96. The summed E-state index contributed by atoms with van der Waals surface area (Å²) in [5.74, 6) is -1.02. The minimum Gasteiger partial charge on any atom is -0.476 e. The monoisotopic (exact) mass is 274 g/mol. The molecule has 1 N–H and O–H groups in total. The van der Waals surface area contributed by atoms with Crippen molar-refractivity contribution in [3.8, 4) is 0 Å². The maximum absolute atomic E-state index is 12.0. The number of anilines is 1. The van der Waals surface area contributed by atoms with Crippen molar-refractivity contribution in [2.24, 2.45) is 0 Å². The molecule has 0 aliphatic carbocycles. The lowest BCUT2D eigenvalue weighted by Gasteiger charge is -2.15. The number of rotatable bonds is 3. The maximum atomic E-state index is 12.0. The number of carbonyl (C=O) groups excluding carboxylic acids is 1. The second-order valence-electron chi connectivity index (χ2n) is 4.23. The Hall–Kier alpha value is -2.21. The number of benzene rings is 1. The van der Waals surface area contributed by atoms with Gasteiger partial charge < -0.3 is 10.0 Å². The molecule has 3 rings (SSSR count). The molecule has 19 heavy (non-hydrogen) atoms. The molecule has 0 spiro atoms. The van der Waals surface area contributed by atoms with Crippen LogP contribution in [0, 0.1) is 0 Å². The Morgan fingerprint density at radius 3 is 2.95 bits per heavy atom. The second-order valence-corrected chi connectivity index (χ2v) is 5.09. The van der Waals surface area contributed by atoms with E-state index in [-0.39, 0.29) is 10.9 Å². The molecule has 1 aromatic carbocycles. The first-order chi connectivity index (χ1) is 9.15. The van der Waals surface area contributed by atoms with Gasteiger partial charge in [0, 0.05) is 11.1 Å². The fourth-order valence-electron chi connectivity index (χ4n) is 2.13. The summed E-state index contributed by atoms with van der Waals surface area (Å²) in [6.07, 6.45) is 0.395. The summed E-state index contributed by atoms with van der Waals surface area (Å²) in [5.41, 5.74) is 2.49. The Balaban J connectivity index is 1.87. The molecular formula is C13H10N2O3S. The lowest BCUT2D eigenvalue weighted by atomic mass is 10.2. The van der Waals surface area contributed by atoms with Crippen LogP contribution in [-0.4, -0.2) is 22.0 Å². The Morgan fingerprint density at radius 1 is 1.42 bits per heavy atom. The molecular weight excluding hydrogens is 264 g/mol. The summed E-state index contributed by atoms with van der Waals surface area (Å²) in [4.78, 5) is 28.4. The number of thiazole rings is 1. The lowest BCUT2D eigenvalue weighted by molar-refractivity contribution is -0.117. The topological polar surface area (TPSA) is 70.5 Å². The Morgan fingerprint density at radius 2 is 2.21 bits per heavy atom. The summed E-state index contributed by atoms with van der Waals surface area (Å²) in [6, 6.07) is 7.61. The molecule has 1 aliphatic rings. The second kappa shape index (κ2) is 4.47. The molecule has 0 radical (unpaired) electrons. The molecule has 0 saturated carbocycles. The number of carboxylic acids is 1. The number of nitrogens with zero attached hydrogens (tertiary/aromatic N) is 2. The van der Waals surface area contributed by atoms with Crippen molar-refractivity contribution in [3.05, 3.63) is 45.9 Å². The van der Waals surface area contributed by atoms with Gasteiger partial charge in [0.2, 0.25) is 10.9 Å². The van der Waals surface area contributed by atoms with E-state index >= 15 is 0 Å². The van der Waals surface area contributed by atoms with Gasteiger partial charge >= 0.3 is 5.97 Å². The van der Waals surface area contributed by atoms with E-state index in [9.17, 15) is 9.59 Å². The zero-order chi connectivity index (χ0) is 13.4. The summed E-state index contributed by atoms with van der Waals surface area (Å²) in [7, 11) is 0. The van der Waals surface area contributed by atoms with Crippen molar-refractivity contribution in [2.45, 2.75) is 13.0 Å². The summed E-state index contributed by atoms with van der Waals surface area (Å²) in [5, 5.41) is 10.6. The molecule has 2 aromatic rings. The van der Waals surface area contributed by atoms with Crippen LogP contribution in [0.1, 0.15) is 21.1 Å². The molecule has 96 valence electrons. The SMILES string of the molecule is O=C(O)c1nc(CN2C(=O)Cc3ccccc32)cs1. The third-order valence-electron chi connectivity index (χ3n) is 2.98. The van der Waals surface area contributed by atoms with E-state index in [1.165, 1.54) is 0 Å². The van der Waals surface area contributed by atoms with Crippen LogP contribution < -0.4 is 4.90 Å². The van der Waals surface area contributed by atoms with Gasteiger partial charge in [0.15, 0.2) is 0 Å². The van der Waals surface area contributed by atoms with E-state index in [0.717, 1.165) is 22.6 Å². The van der Waals surface area contributed by atoms with Crippen LogP contribution in [0.15, 0.2) is 29.6 Å². The highest BCUT2D eigenvalue weighted by Gasteiger charge is 2.27. The minimum absolute atomic E-state index is 0.0195. The summed E-state index contributed by atoms with van der Waals surface area (Å²) >= 11 is 1.07. The van der Waals surface area contributed by atoms with E-state index < -0.39 is 5.97 Å². The number of amides is 1. The van der Waals surface area contributed by atoms with Gasteiger partial charge in [-0.3, -0.25) is 4.79 Å². The normalized spacial score (nSPS) is 13.7. The first kappa shape index (κ1) is 11.9. The van der Waals surface area contributed by atoms with Gasteiger partial charge in [-0.15, -0.1) is 11.3 Å². The van der Waals surface area contributed by atoms with Gasteiger partial charge in [-0.05, 0) is 11.6 Å². The van der Waals surface area contributed by atoms with E-state index in [1.54, 1.807) is 10.3 Å². The predicted molar refractivity (Wildman–Crippen MR) is 70.4 cm³/mol. The molecule has 0 fully saturated rings. The molecule has 1 amide bonds. The molecule has 5 nitrogen and oxygen atoms in total. The standard InChI is InChI=1S/C13H10N2O3S/c16-11-5-8-3-1-2-4-10(8)15(11)6-9-7-19-12(14-9)13(17)18/h1-4,7H,5-6H2,(H,17,18). The van der Waals surface area contributed by atoms with Crippen LogP contribution in [0.5, 0.6) is 0 Å². The quantitative estimate of drug-likeness (QED) is 0.928. The van der Waals surface area contributed by atoms with Crippen molar-refractivity contribution in [3.63, 3.8) is 0 Å². The first-order valence-electron chi connectivity index (χ1n) is 5.71. The van der Waals surface area contributed by atoms with Crippen LogP contribution in [0.4, 0.5) is 5.69 Å². The summed E-state index contributed by atoms with van der Waals surface area (Å²) < 4.78 is 0. The fourth-order valence-corrected chi connectivity index (χ4v) is 2.78. The van der Waals surface area contributed by atoms with Gasteiger partial charge in [0.1, 0.15) is 0 Å². The third kappa shape index (κ3) is 2.10. The first-order valence-corrected chi connectivity index (χ1v) is 6.59. The van der Waals surface area contributed by atoms with Crippen molar-refractivity contribution in [1.29, 1.82) is 0 Å². The number of carboxylic acid groups (broad SMARTS) is 1.